The smallest absolute Gasteiger partial charge is 0.165 e. The number of aromatic nitrogens is 4. The normalized spacial score (nSPS) is 17.0. The Labute approximate surface area is 118 Å². The molecule has 1 aliphatic rings. The van der Waals surface area contributed by atoms with Gasteiger partial charge in [-0.15, -0.1) is 0 Å². The van der Waals surface area contributed by atoms with Crippen LogP contribution in [0.25, 0.3) is 11.2 Å². The lowest BCUT2D eigenvalue weighted by molar-refractivity contribution is 0.188. The highest BCUT2D eigenvalue weighted by Crippen LogP contribution is 2.22. The fraction of sp³-hybridized carbons (Fsp3) is 0.615. The van der Waals surface area contributed by atoms with Crippen molar-refractivity contribution >= 4 is 17.0 Å². The summed E-state index contributed by atoms with van der Waals surface area (Å²) >= 11 is 0. The molecule has 1 fully saturated rings. The number of rotatable bonds is 4. The van der Waals surface area contributed by atoms with Crippen LogP contribution in [-0.4, -0.2) is 71.4 Å². The van der Waals surface area contributed by atoms with Gasteiger partial charge in [-0.25, -0.2) is 15.0 Å². The van der Waals surface area contributed by atoms with Gasteiger partial charge in [0, 0.05) is 39.8 Å². The van der Waals surface area contributed by atoms with E-state index in [1.165, 1.54) is 0 Å². The van der Waals surface area contributed by atoms with Crippen molar-refractivity contribution in [3.8, 4) is 0 Å². The van der Waals surface area contributed by atoms with Crippen LogP contribution in [-0.2, 0) is 11.3 Å². The summed E-state index contributed by atoms with van der Waals surface area (Å²) in [6, 6.07) is 0. The van der Waals surface area contributed by atoms with Crippen molar-refractivity contribution in [1.82, 2.24) is 24.4 Å². The van der Waals surface area contributed by atoms with Gasteiger partial charge in [0.15, 0.2) is 17.0 Å². The van der Waals surface area contributed by atoms with E-state index in [0.29, 0.717) is 6.61 Å². The summed E-state index contributed by atoms with van der Waals surface area (Å²) < 4.78 is 7.13. The van der Waals surface area contributed by atoms with Crippen molar-refractivity contribution in [3.63, 3.8) is 0 Å². The van der Waals surface area contributed by atoms with E-state index in [-0.39, 0.29) is 0 Å². The lowest BCUT2D eigenvalue weighted by atomic mass is 10.3. The fourth-order valence-electron chi connectivity index (χ4n) is 2.47. The zero-order chi connectivity index (χ0) is 13.9. The van der Waals surface area contributed by atoms with E-state index in [0.717, 1.165) is 49.7 Å². The highest BCUT2D eigenvalue weighted by molar-refractivity contribution is 5.83. The molecule has 0 atom stereocenters. The summed E-state index contributed by atoms with van der Waals surface area (Å²) in [6.07, 6.45) is 3.44. The Hall–Kier alpha value is -1.73. The van der Waals surface area contributed by atoms with Gasteiger partial charge in [0.2, 0.25) is 0 Å². The first kappa shape index (κ1) is 13.3. The minimum absolute atomic E-state index is 0.652. The minimum atomic E-state index is 0.652. The number of anilines is 1. The van der Waals surface area contributed by atoms with Crippen LogP contribution in [0.5, 0.6) is 0 Å². The molecule has 3 heterocycles. The third kappa shape index (κ3) is 2.46. The Morgan fingerprint density at radius 3 is 2.70 bits per heavy atom. The van der Waals surface area contributed by atoms with Crippen molar-refractivity contribution in [2.45, 2.75) is 6.54 Å². The van der Waals surface area contributed by atoms with Crippen molar-refractivity contribution in [2.24, 2.45) is 0 Å². The molecule has 0 aromatic carbocycles. The first-order chi connectivity index (χ1) is 9.79. The first-order valence-corrected chi connectivity index (χ1v) is 6.88. The number of piperazine rings is 1. The van der Waals surface area contributed by atoms with Gasteiger partial charge in [0.05, 0.1) is 12.9 Å². The van der Waals surface area contributed by atoms with Gasteiger partial charge < -0.3 is 19.1 Å². The maximum atomic E-state index is 5.11. The van der Waals surface area contributed by atoms with Gasteiger partial charge in [-0.1, -0.05) is 0 Å². The van der Waals surface area contributed by atoms with Gasteiger partial charge in [-0.2, -0.15) is 0 Å². The fourth-order valence-corrected chi connectivity index (χ4v) is 2.47. The Morgan fingerprint density at radius 2 is 1.95 bits per heavy atom. The molecule has 20 heavy (non-hydrogen) atoms. The van der Waals surface area contributed by atoms with Crippen molar-refractivity contribution in [1.29, 1.82) is 0 Å². The molecule has 0 saturated carbocycles. The molecule has 7 heteroatoms. The molecule has 0 amide bonds. The summed E-state index contributed by atoms with van der Waals surface area (Å²) in [4.78, 5) is 17.9. The maximum absolute atomic E-state index is 5.11. The second-order valence-corrected chi connectivity index (χ2v) is 5.09. The molecule has 0 aliphatic carbocycles. The standard InChI is InChI=1S/C13H20N6O/c1-17-3-5-18(6-4-17)12-11-13(15-9-14-12)19(10-16-11)7-8-20-2/h9-10H,3-8H2,1-2H3. The van der Waals surface area contributed by atoms with E-state index >= 15 is 0 Å². The van der Waals surface area contributed by atoms with Gasteiger partial charge in [0.25, 0.3) is 0 Å². The van der Waals surface area contributed by atoms with Gasteiger partial charge in [-0.3, -0.25) is 0 Å². The second kappa shape index (κ2) is 5.72. The quantitative estimate of drug-likeness (QED) is 0.796. The molecule has 0 radical (unpaired) electrons. The molecule has 0 N–H and O–H groups in total. The zero-order valence-electron chi connectivity index (χ0n) is 12.0. The molecular weight excluding hydrogens is 256 g/mol. The molecule has 0 spiro atoms. The van der Waals surface area contributed by atoms with Crippen LogP contribution < -0.4 is 4.90 Å². The summed E-state index contributed by atoms with van der Waals surface area (Å²) in [7, 11) is 3.84. The van der Waals surface area contributed by atoms with Crippen LogP contribution in [0.15, 0.2) is 12.7 Å². The molecule has 1 saturated heterocycles. The highest BCUT2D eigenvalue weighted by Gasteiger charge is 2.19. The Morgan fingerprint density at radius 1 is 1.15 bits per heavy atom. The van der Waals surface area contributed by atoms with E-state index in [1.54, 1.807) is 13.4 Å². The van der Waals surface area contributed by atoms with E-state index in [1.807, 2.05) is 10.9 Å². The number of likely N-dealkylation sites (N-methyl/N-ethyl adjacent to an activating group) is 1. The van der Waals surface area contributed by atoms with E-state index in [9.17, 15) is 0 Å². The van der Waals surface area contributed by atoms with E-state index in [2.05, 4.69) is 31.8 Å². The highest BCUT2D eigenvalue weighted by atomic mass is 16.5. The molecule has 3 rings (SSSR count). The number of imidazole rings is 1. The average Bonchev–Trinajstić information content (AvgIpc) is 2.89. The van der Waals surface area contributed by atoms with Crippen LogP contribution in [0.2, 0.25) is 0 Å². The lowest BCUT2D eigenvalue weighted by Gasteiger charge is -2.33. The van der Waals surface area contributed by atoms with Crippen LogP contribution in [0, 0.1) is 0 Å². The summed E-state index contributed by atoms with van der Waals surface area (Å²) in [5, 5.41) is 0. The van der Waals surface area contributed by atoms with Crippen molar-refractivity contribution < 1.29 is 4.74 Å². The number of hydrogen-bond acceptors (Lipinski definition) is 6. The van der Waals surface area contributed by atoms with Crippen LogP contribution >= 0.6 is 0 Å². The number of hydrogen-bond donors (Lipinski definition) is 0. The molecular formula is C13H20N6O. The first-order valence-electron chi connectivity index (χ1n) is 6.88. The Balaban J connectivity index is 1.90. The third-order valence-electron chi connectivity index (χ3n) is 3.72. The average molecular weight is 276 g/mol. The molecule has 0 unspecified atom stereocenters. The summed E-state index contributed by atoms with van der Waals surface area (Å²) in [5.74, 6) is 0.944. The minimum Gasteiger partial charge on any atom is -0.383 e. The Kier molecular flexibility index (Phi) is 3.79. The molecule has 0 bridgehead atoms. The van der Waals surface area contributed by atoms with Crippen LogP contribution in [0.3, 0.4) is 0 Å². The number of ether oxygens (including phenoxy) is 1. The largest absolute Gasteiger partial charge is 0.383 e. The van der Waals surface area contributed by atoms with Crippen LogP contribution in [0.1, 0.15) is 0 Å². The number of fused-ring (bicyclic) bond motifs is 1. The zero-order valence-corrected chi connectivity index (χ0v) is 12.0. The molecule has 7 nitrogen and oxygen atoms in total. The molecule has 1 aliphatic heterocycles. The SMILES string of the molecule is COCCn1cnc2c(N3CCN(C)CC3)ncnc21. The summed E-state index contributed by atoms with van der Waals surface area (Å²) in [6.45, 7) is 5.47. The van der Waals surface area contributed by atoms with Gasteiger partial charge in [0.1, 0.15) is 6.33 Å². The van der Waals surface area contributed by atoms with Gasteiger partial charge >= 0.3 is 0 Å². The van der Waals surface area contributed by atoms with Gasteiger partial charge in [-0.05, 0) is 7.05 Å². The van der Waals surface area contributed by atoms with Crippen LogP contribution in [0.4, 0.5) is 5.82 Å². The molecule has 2 aromatic rings. The molecule has 2 aromatic heterocycles. The number of nitrogens with zero attached hydrogens (tertiary/aromatic N) is 6. The van der Waals surface area contributed by atoms with Crippen molar-refractivity contribution in [2.75, 3.05) is 51.8 Å². The second-order valence-electron chi connectivity index (χ2n) is 5.09. The lowest BCUT2D eigenvalue weighted by Crippen LogP contribution is -2.44. The topological polar surface area (TPSA) is 59.3 Å². The van der Waals surface area contributed by atoms with Crippen molar-refractivity contribution in [3.05, 3.63) is 12.7 Å². The predicted octanol–water partition coefficient (Wildman–Crippen LogP) is 0.225. The summed E-state index contributed by atoms with van der Waals surface area (Å²) in [5.41, 5.74) is 1.76. The third-order valence-corrected chi connectivity index (χ3v) is 3.72. The maximum Gasteiger partial charge on any atom is 0.165 e. The molecule has 108 valence electrons. The predicted molar refractivity (Wildman–Crippen MR) is 76.9 cm³/mol. The monoisotopic (exact) mass is 276 g/mol. The Bertz CT molecular complexity index is 575. The van der Waals surface area contributed by atoms with E-state index in [4.69, 9.17) is 4.74 Å². The number of methoxy groups -OCH3 is 1. The van der Waals surface area contributed by atoms with E-state index < -0.39 is 0 Å².